The summed E-state index contributed by atoms with van der Waals surface area (Å²) in [6.45, 7) is 1.66. The number of rotatable bonds is 7. The van der Waals surface area contributed by atoms with Crippen molar-refractivity contribution >= 4 is 23.4 Å². The molecule has 0 spiro atoms. The molecule has 1 heterocycles. The molecule has 3 rings (SSSR count). The van der Waals surface area contributed by atoms with Crippen LogP contribution in [0.3, 0.4) is 0 Å². The van der Waals surface area contributed by atoms with Gasteiger partial charge in [0.1, 0.15) is 0 Å². The minimum atomic E-state index is -0.652. The van der Waals surface area contributed by atoms with Crippen molar-refractivity contribution in [2.75, 3.05) is 11.1 Å². The predicted octanol–water partition coefficient (Wildman–Crippen LogP) is 3.95. The number of para-hydroxylation sites is 1. The Morgan fingerprint density at radius 2 is 2.14 bits per heavy atom. The topological polar surface area (TPSA) is 101 Å². The number of benzene rings is 2. The molecular weight excluding hydrogens is 383 g/mol. The largest absolute Gasteiger partial charge is 0.478 e. The van der Waals surface area contributed by atoms with Crippen LogP contribution in [0.1, 0.15) is 24.5 Å². The molecule has 1 atom stereocenters. The van der Waals surface area contributed by atoms with E-state index in [-0.39, 0.29) is 28.5 Å². The molecule has 0 saturated heterocycles. The van der Waals surface area contributed by atoms with Gasteiger partial charge in [0.15, 0.2) is 17.7 Å². The molecule has 2 aromatic carbocycles. The maximum absolute atomic E-state index is 13.6. The lowest BCUT2D eigenvalue weighted by Crippen LogP contribution is -2.14. The quantitative estimate of drug-likeness (QED) is 0.601. The molecule has 0 fully saturated rings. The molecule has 0 unspecified atom stereocenters. The van der Waals surface area contributed by atoms with Crippen molar-refractivity contribution in [3.05, 3.63) is 65.8 Å². The first-order valence-electron chi connectivity index (χ1n) is 8.22. The Hall–Kier alpha value is -3.38. The maximum Gasteiger partial charge on any atom is 0.277 e. The van der Waals surface area contributed by atoms with E-state index in [1.807, 2.05) is 6.07 Å². The van der Waals surface area contributed by atoms with Gasteiger partial charge in [0.05, 0.1) is 17.4 Å². The zero-order valence-electron chi connectivity index (χ0n) is 14.8. The van der Waals surface area contributed by atoms with E-state index in [9.17, 15) is 9.18 Å². The van der Waals surface area contributed by atoms with E-state index in [1.54, 1.807) is 43.3 Å². The molecule has 142 valence electrons. The van der Waals surface area contributed by atoms with Gasteiger partial charge in [-0.3, -0.25) is 4.79 Å². The summed E-state index contributed by atoms with van der Waals surface area (Å²) in [6.07, 6.45) is -0.652. The summed E-state index contributed by atoms with van der Waals surface area (Å²) in [6, 6.07) is 14.6. The molecule has 1 aromatic heterocycles. The fourth-order valence-electron chi connectivity index (χ4n) is 2.22. The van der Waals surface area contributed by atoms with Gasteiger partial charge in [0.2, 0.25) is 5.91 Å². The Bertz CT molecular complexity index is 1020. The van der Waals surface area contributed by atoms with Crippen molar-refractivity contribution < 1.29 is 18.3 Å². The molecular formula is C19H15FN4O3S. The number of thioether (sulfide) groups is 1. The molecule has 1 N–H and O–H groups in total. The van der Waals surface area contributed by atoms with Gasteiger partial charge < -0.3 is 14.5 Å². The first kappa shape index (κ1) is 19.4. The van der Waals surface area contributed by atoms with E-state index in [4.69, 9.17) is 14.4 Å². The van der Waals surface area contributed by atoms with Crippen LogP contribution < -0.4 is 10.1 Å². The van der Waals surface area contributed by atoms with Gasteiger partial charge in [0.25, 0.3) is 11.1 Å². The van der Waals surface area contributed by atoms with Gasteiger partial charge in [-0.25, -0.2) is 4.39 Å². The number of anilines is 1. The monoisotopic (exact) mass is 398 g/mol. The number of ether oxygens (including phenoxy) is 1. The summed E-state index contributed by atoms with van der Waals surface area (Å²) in [4.78, 5) is 12.0. The van der Waals surface area contributed by atoms with Gasteiger partial charge in [-0.1, -0.05) is 30.0 Å². The van der Waals surface area contributed by atoms with Gasteiger partial charge in [0, 0.05) is 5.69 Å². The third-order valence-corrected chi connectivity index (χ3v) is 4.33. The number of amides is 1. The summed E-state index contributed by atoms with van der Waals surface area (Å²) in [5, 5.41) is 19.5. The molecule has 7 nitrogen and oxygen atoms in total. The molecule has 0 saturated carbocycles. The number of carbonyl (C=O) groups excluding carboxylic acids is 1. The van der Waals surface area contributed by atoms with Crippen LogP contribution in [-0.2, 0) is 4.79 Å². The fraction of sp³-hybridized carbons (Fsp3) is 0.158. The normalized spacial score (nSPS) is 11.5. The van der Waals surface area contributed by atoms with E-state index in [0.29, 0.717) is 11.3 Å². The molecule has 28 heavy (non-hydrogen) atoms. The van der Waals surface area contributed by atoms with Crippen LogP contribution in [0.25, 0.3) is 0 Å². The Morgan fingerprint density at radius 1 is 1.32 bits per heavy atom. The second-order valence-corrected chi connectivity index (χ2v) is 6.55. The second kappa shape index (κ2) is 9.01. The van der Waals surface area contributed by atoms with Gasteiger partial charge in [-0.05, 0) is 37.3 Å². The molecule has 0 aliphatic rings. The lowest BCUT2D eigenvalue weighted by atomic mass is 10.2. The second-order valence-electron chi connectivity index (χ2n) is 5.63. The number of nitrogens with one attached hydrogen (secondary N) is 1. The van der Waals surface area contributed by atoms with E-state index >= 15 is 0 Å². The highest BCUT2D eigenvalue weighted by Crippen LogP contribution is 2.25. The summed E-state index contributed by atoms with van der Waals surface area (Å²) in [5.74, 6) is -0.466. The van der Waals surface area contributed by atoms with Crippen LogP contribution in [0.5, 0.6) is 5.75 Å². The molecule has 1 amide bonds. The fourth-order valence-corrected chi connectivity index (χ4v) is 2.78. The summed E-state index contributed by atoms with van der Waals surface area (Å²) >= 11 is 1.06. The molecule has 0 bridgehead atoms. The summed E-state index contributed by atoms with van der Waals surface area (Å²) < 4.78 is 24.6. The van der Waals surface area contributed by atoms with Crippen LogP contribution in [0.4, 0.5) is 10.1 Å². The highest BCUT2D eigenvalue weighted by atomic mass is 32.2. The standard InChI is InChI=1S/C19H15FN4O3S/c1-12(26-16-8-3-2-7-15(16)20)18-23-24-19(27-18)28-11-17(25)22-14-6-4-5-13(9-14)10-21/h2-9,12H,11H2,1H3,(H,22,25)/t12-/m0/s1. The smallest absolute Gasteiger partial charge is 0.277 e. The third kappa shape index (κ3) is 5.08. The number of halogens is 1. The lowest BCUT2D eigenvalue weighted by Gasteiger charge is -2.11. The number of aromatic nitrogens is 2. The molecule has 3 aromatic rings. The number of nitrogens with zero attached hydrogens (tertiary/aromatic N) is 3. The summed E-state index contributed by atoms with van der Waals surface area (Å²) in [7, 11) is 0. The maximum atomic E-state index is 13.6. The highest BCUT2D eigenvalue weighted by Gasteiger charge is 2.18. The van der Waals surface area contributed by atoms with E-state index in [1.165, 1.54) is 12.1 Å². The Balaban J connectivity index is 1.53. The first-order valence-corrected chi connectivity index (χ1v) is 9.21. The number of hydrogen-bond donors (Lipinski definition) is 1. The Labute approximate surface area is 164 Å². The van der Waals surface area contributed by atoms with Crippen molar-refractivity contribution in [1.82, 2.24) is 10.2 Å². The van der Waals surface area contributed by atoms with Gasteiger partial charge in [-0.2, -0.15) is 5.26 Å². The molecule has 0 aliphatic heterocycles. The number of carbonyl (C=O) groups is 1. The van der Waals surface area contributed by atoms with E-state index in [2.05, 4.69) is 15.5 Å². The van der Waals surface area contributed by atoms with Crippen LogP contribution in [0, 0.1) is 17.1 Å². The predicted molar refractivity (Wildman–Crippen MR) is 100 cm³/mol. The van der Waals surface area contributed by atoms with E-state index in [0.717, 1.165) is 11.8 Å². The minimum Gasteiger partial charge on any atom is -0.478 e. The lowest BCUT2D eigenvalue weighted by molar-refractivity contribution is -0.113. The molecule has 0 radical (unpaired) electrons. The number of hydrogen-bond acceptors (Lipinski definition) is 7. The van der Waals surface area contributed by atoms with Crippen molar-refractivity contribution in [3.63, 3.8) is 0 Å². The first-order chi connectivity index (χ1) is 13.5. The Morgan fingerprint density at radius 3 is 2.93 bits per heavy atom. The average Bonchev–Trinajstić information content (AvgIpc) is 3.17. The van der Waals surface area contributed by atoms with Crippen molar-refractivity contribution in [2.45, 2.75) is 18.3 Å². The number of nitriles is 1. The average molecular weight is 398 g/mol. The van der Waals surface area contributed by atoms with E-state index < -0.39 is 11.9 Å². The zero-order valence-corrected chi connectivity index (χ0v) is 15.6. The van der Waals surface area contributed by atoms with Crippen molar-refractivity contribution in [3.8, 4) is 11.8 Å². The minimum absolute atomic E-state index is 0.0426. The summed E-state index contributed by atoms with van der Waals surface area (Å²) in [5.41, 5.74) is 0.985. The Kier molecular flexibility index (Phi) is 6.24. The van der Waals surface area contributed by atoms with Crippen LogP contribution >= 0.6 is 11.8 Å². The molecule has 9 heteroatoms. The van der Waals surface area contributed by atoms with Crippen LogP contribution in [-0.4, -0.2) is 21.9 Å². The van der Waals surface area contributed by atoms with Gasteiger partial charge >= 0.3 is 0 Å². The van der Waals surface area contributed by atoms with Crippen LogP contribution in [0.2, 0.25) is 0 Å². The highest BCUT2D eigenvalue weighted by molar-refractivity contribution is 7.99. The zero-order chi connectivity index (χ0) is 19.9. The SMILES string of the molecule is C[C@H](Oc1ccccc1F)c1nnc(SCC(=O)Nc2cccc(C#N)c2)o1. The van der Waals surface area contributed by atoms with Crippen molar-refractivity contribution in [2.24, 2.45) is 0 Å². The van der Waals surface area contributed by atoms with Gasteiger partial charge in [-0.15, -0.1) is 10.2 Å². The third-order valence-electron chi connectivity index (χ3n) is 3.51. The molecule has 0 aliphatic carbocycles. The van der Waals surface area contributed by atoms with Crippen LogP contribution in [0.15, 0.2) is 58.2 Å². The van der Waals surface area contributed by atoms with Crippen molar-refractivity contribution in [1.29, 1.82) is 5.26 Å².